The molecule has 17 heavy (non-hydrogen) atoms. The zero-order valence-corrected chi connectivity index (χ0v) is 11.0. The maximum atomic E-state index is 3.90. The molecule has 3 fully saturated rings. The molecule has 1 heteroatoms. The Bertz CT molecular complexity index is 337. The summed E-state index contributed by atoms with van der Waals surface area (Å²) in [5.41, 5.74) is 0.766. The van der Waals surface area contributed by atoms with Gasteiger partial charge in [0.05, 0.1) is 0 Å². The Kier molecular flexibility index (Phi) is 2.25. The SMILES string of the molecule is CC(NCC1(C2CC2)CC1)C1CC2C=CC1C2. The van der Waals surface area contributed by atoms with E-state index in [0.29, 0.717) is 0 Å². The predicted molar refractivity (Wildman–Crippen MR) is 70.7 cm³/mol. The standard InChI is InChI=1S/C16H25N/c1-11(15-9-12-2-3-13(15)8-12)17-10-16(6-7-16)14-4-5-14/h2-3,11-15,17H,4-10H2,1H3. The summed E-state index contributed by atoms with van der Waals surface area (Å²) in [7, 11) is 0. The molecule has 4 aliphatic carbocycles. The van der Waals surface area contributed by atoms with Gasteiger partial charge in [-0.1, -0.05) is 12.2 Å². The van der Waals surface area contributed by atoms with Gasteiger partial charge in [0.15, 0.2) is 0 Å². The molecular formula is C16H25N. The number of fused-ring (bicyclic) bond motifs is 2. The van der Waals surface area contributed by atoms with E-state index in [0.717, 1.165) is 35.1 Å². The van der Waals surface area contributed by atoms with Crippen molar-refractivity contribution < 1.29 is 0 Å². The van der Waals surface area contributed by atoms with E-state index in [2.05, 4.69) is 24.4 Å². The molecule has 0 heterocycles. The average molecular weight is 231 g/mol. The first-order valence-electron chi connectivity index (χ1n) is 7.69. The summed E-state index contributed by atoms with van der Waals surface area (Å²) in [6.45, 7) is 3.75. The highest BCUT2D eigenvalue weighted by molar-refractivity contribution is 5.12. The third-order valence-corrected chi connectivity index (χ3v) is 6.08. The maximum absolute atomic E-state index is 3.90. The van der Waals surface area contributed by atoms with Crippen LogP contribution in [0.25, 0.3) is 0 Å². The Morgan fingerprint density at radius 2 is 2.06 bits per heavy atom. The van der Waals surface area contributed by atoms with Crippen molar-refractivity contribution >= 4 is 0 Å². The van der Waals surface area contributed by atoms with Gasteiger partial charge < -0.3 is 5.32 Å². The van der Waals surface area contributed by atoms with Crippen molar-refractivity contribution in [3.05, 3.63) is 12.2 Å². The van der Waals surface area contributed by atoms with Crippen molar-refractivity contribution in [1.29, 1.82) is 0 Å². The molecule has 1 N–H and O–H groups in total. The molecule has 94 valence electrons. The molecule has 2 bridgehead atoms. The van der Waals surface area contributed by atoms with Crippen LogP contribution >= 0.6 is 0 Å². The normalized spacial score (nSPS) is 43.0. The average Bonchev–Trinajstić information content (AvgIpc) is 3.24. The largest absolute Gasteiger partial charge is 0.313 e. The molecule has 4 unspecified atom stereocenters. The van der Waals surface area contributed by atoms with Crippen LogP contribution in [0.15, 0.2) is 12.2 Å². The molecular weight excluding hydrogens is 206 g/mol. The molecule has 4 atom stereocenters. The predicted octanol–water partition coefficient (Wildman–Crippen LogP) is 3.37. The Labute approximate surface area is 105 Å². The molecule has 4 rings (SSSR count). The molecule has 0 spiro atoms. The van der Waals surface area contributed by atoms with Gasteiger partial charge >= 0.3 is 0 Å². The lowest BCUT2D eigenvalue weighted by Crippen LogP contribution is -2.39. The van der Waals surface area contributed by atoms with Crippen LogP contribution in [0.1, 0.15) is 45.4 Å². The first kappa shape index (κ1) is 10.6. The van der Waals surface area contributed by atoms with E-state index in [1.54, 1.807) is 0 Å². The fourth-order valence-corrected chi connectivity index (χ4v) is 4.50. The number of hydrogen-bond donors (Lipinski definition) is 1. The smallest absolute Gasteiger partial charge is 0.00730 e. The second-order valence-electron chi connectivity index (χ2n) is 7.25. The van der Waals surface area contributed by atoms with Gasteiger partial charge in [0.2, 0.25) is 0 Å². The molecule has 0 aromatic rings. The molecule has 0 saturated heterocycles. The monoisotopic (exact) mass is 231 g/mol. The van der Waals surface area contributed by atoms with Crippen molar-refractivity contribution in [1.82, 2.24) is 5.32 Å². The fourth-order valence-electron chi connectivity index (χ4n) is 4.50. The molecule has 0 aromatic carbocycles. The van der Waals surface area contributed by atoms with Crippen LogP contribution in [-0.4, -0.2) is 12.6 Å². The van der Waals surface area contributed by atoms with Crippen LogP contribution < -0.4 is 5.32 Å². The van der Waals surface area contributed by atoms with Crippen molar-refractivity contribution in [3.8, 4) is 0 Å². The van der Waals surface area contributed by atoms with Gasteiger partial charge in [0, 0.05) is 12.6 Å². The number of allylic oxidation sites excluding steroid dienone is 2. The summed E-state index contributed by atoms with van der Waals surface area (Å²) in [5.74, 6) is 3.85. The summed E-state index contributed by atoms with van der Waals surface area (Å²) < 4.78 is 0. The lowest BCUT2D eigenvalue weighted by Gasteiger charge is -2.28. The molecule has 1 nitrogen and oxygen atoms in total. The van der Waals surface area contributed by atoms with Gasteiger partial charge in [-0.15, -0.1) is 0 Å². The van der Waals surface area contributed by atoms with Crippen molar-refractivity contribution in [2.24, 2.45) is 29.1 Å². The number of hydrogen-bond acceptors (Lipinski definition) is 1. The zero-order chi connectivity index (χ0) is 11.5. The summed E-state index contributed by atoms with van der Waals surface area (Å²) in [5, 5.41) is 3.90. The zero-order valence-electron chi connectivity index (χ0n) is 11.0. The van der Waals surface area contributed by atoms with E-state index in [1.165, 1.54) is 45.1 Å². The highest BCUT2D eigenvalue weighted by atomic mass is 14.9. The fraction of sp³-hybridized carbons (Fsp3) is 0.875. The molecule has 0 radical (unpaired) electrons. The molecule has 0 aromatic heterocycles. The van der Waals surface area contributed by atoms with Crippen LogP contribution in [0.5, 0.6) is 0 Å². The van der Waals surface area contributed by atoms with Gasteiger partial charge in [-0.05, 0) is 74.5 Å². The second kappa shape index (κ2) is 3.60. The van der Waals surface area contributed by atoms with Gasteiger partial charge in [0.1, 0.15) is 0 Å². The summed E-state index contributed by atoms with van der Waals surface area (Å²) in [4.78, 5) is 0. The summed E-state index contributed by atoms with van der Waals surface area (Å²) in [6, 6.07) is 0.742. The highest BCUT2D eigenvalue weighted by Crippen LogP contribution is 2.61. The van der Waals surface area contributed by atoms with E-state index >= 15 is 0 Å². The van der Waals surface area contributed by atoms with Gasteiger partial charge in [-0.2, -0.15) is 0 Å². The van der Waals surface area contributed by atoms with E-state index in [-0.39, 0.29) is 0 Å². The van der Waals surface area contributed by atoms with Crippen molar-refractivity contribution in [3.63, 3.8) is 0 Å². The number of rotatable bonds is 5. The third kappa shape index (κ3) is 1.78. The van der Waals surface area contributed by atoms with Gasteiger partial charge in [-0.3, -0.25) is 0 Å². The first-order valence-corrected chi connectivity index (χ1v) is 7.69. The summed E-state index contributed by atoms with van der Waals surface area (Å²) >= 11 is 0. The van der Waals surface area contributed by atoms with E-state index in [9.17, 15) is 0 Å². The van der Waals surface area contributed by atoms with Crippen LogP contribution in [0, 0.1) is 29.1 Å². The Morgan fingerprint density at radius 3 is 2.59 bits per heavy atom. The minimum Gasteiger partial charge on any atom is -0.313 e. The Balaban J connectivity index is 1.32. The third-order valence-electron chi connectivity index (χ3n) is 6.08. The Hall–Kier alpha value is -0.300. The van der Waals surface area contributed by atoms with Crippen LogP contribution in [0.3, 0.4) is 0 Å². The maximum Gasteiger partial charge on any atom is 0.00730 e. The van der Waals surface area contributed by atoms with E-state index in [4.69, 9.17) is 0 Å². The molecule has 3 saturated carbocycles. The van der Waals surface area contributed by atoms with E-state index in [1.807, 2.05) is 0 Å². The molecule has 4 aliphatic rings. The second-order valence-corrected chi connectivity index (χ2v) is 7.25. The Morgan fingerprint density at radius 1 is 1.24 bits per heavy atom. The quantitative estimate of drug-likeness (QED) is 0.715. The first-order chi connectivity index (χ1) is 8.27. The van der Waals surface area contributed by atoms with Crippen LogP contribution in [-0.2, 0) is 0 Å². The minimum atomic E-state index is 0.742. The van der Waals surface area contributed by atoms with Crippen molar-refractivity contribution in [2.45, 2.75) is 51.5 Å². The van der Waals surface area contributed by atoms with Crippen LogP contribution in [0.4, 0.5) is 0 Å². The highest BCUT2D eigenvalue weighted by Gasteiger charge is 2.53. The topological polar surface area (TPSA) is 12.0 Å². The lowest BCUT2D eigenvalue weighted by molar-refractivity contribution is 0.293. The summed E-state index contributed by atoms with van der Waals surface area (Å²) in [6.07, 6.45) is 13.9. The number of nitrogens with one attached hydrogen (secondary N) is 1. The lowest BCUT2D eigenvalue weighted by atomic mass is 9.87. The van der Waals surface area contributed by atoms with Crippen LogP contribution in [0.2, 0.25) is 0 Å². The minimum absolute atomic E-state index is 0.742. The molecule has 0 amide bonds. The van der Waals surface area contributed by atoms with Gasteiger partial charge in [-0.25, -0.2) is 0 Å². The van der Waals surface area contributed by atoms with Gasteiger partial charge in [0.25, 0.3) is 0 Å². The van der Waals surface area contributed by atoms with E-state index < -0.39 is 0 Å². The molecule has 0 aliphatic heterocycles. The van der Waals surface area contributed by atoms with Crippen molar-refractivity contribution in [2.75, 3.05) is 6.54 Å².